The van der Waals surface area contributed by atoms with Crippen molar-refractivity contribution in [3.05, 3.63) is 28.5 Å². The predicted octanol–water partition coefficient (Wildman–Crippen LogP) is 2.07. The van der Waals surface area contributed by atoms with Crippen LogP contribution in [0.15, 0.2) is 27.6 Å². The van der Waals surface area contributed by atoms with Gasteiger partial charge in [-0.05, 0) is 47.0 Å². The molecular weight excluding hydrogens is 353 g/mol. The molecule has 1 saturated heterocycles. The normalized spacial score (nSPS) is 18.1. The molecular formula is C12H13BrFNO4S. The average Bonchev–Trinajstić information content (AvgIpc) is 2.41. The predicted molar refractivity (Wildman–Crippen MR) is 73.2 cm³/mol. The van der Waals surface area contributed by atoms with E-state index in [0.29, 0.717) is 4.47 Å². The summed E-state index contributed by atoms with van der Waals surface area (Å²) < 4.78 is 39.6. The van der Waals surface area contributed by atoms with Gasteiger partial charge >= 0.3 is 5.97 Å². The first-order valence-corrected chi connectivity index (χ1v) is 8.23. The van der Waals surface area contributed by atoms with E-state index < -0.39 is 27.7 Å². The summed E-state index contributed by atoms with van der Waals surface area (Å²) in [5.41, 5.74) is 0. The fraction of sp³-hybridized carbons (Fsp3) is 0.417. The van der Waals surface area contributed by atoms with Crippen molar-refractivity contribution in [2.45, 2.75) is 17.7 Å². The molecule has 1 N–H and O–H groups in total. The van der Waals surface area contributed by atoms with Gasteiger partial charge in [0.15, 0.2) is 0 Å². The van der Waals surface area contributed by atoms with Gasteiger partial charge in [-0.1, -0.05) is 0 Å². The number of hydrogen-bond acceptors (Lipinski definition) is 3. The molecule has 1 fully saturated rings. The average molecular weight is 366 g/mol. The van der Waals surface area contributed by atoms with Gasteiger partial charge in [0, 0.05) is 17.6 Å². The van der Waals surface area contributed by atoms with Gasteiger partial charge in [-0.2, -0.15) is 4.31 Å². The van der Waals surface area contributed by atoms with Crippen molar-refractivity contribution in [1.29, 1.82) is 0 Å². The summed E-state index contributed by atoms with van der Waals surface area (Å²) >= 11 is 3.10. The Morgan fingerprint density at radius 3 is 2.50 bits per heavy atom. The van der Waals surface area contributed by atoms with E-state index in [1.54, 1.807) is 0 Å². The molecule has 1 aliphatic rings. The Labute approximate surface area is 124 Å². The van der Waals surface area contributed by atoms with E-state index in [2.05, 4.69) is 15.9 Å². The molecule has 5 nitrogen and oxygen atoms in total. The third-order valence-corrected chi connectivity index (χ3v) is 6.21. The molecule has 0 saturated carbocycles. The molecule has 0 amide bonds. The first-order chi connectivity index (χ1) is 9.32. The molecule has 110 valence electrons. The van der Waals surface area contributed by atoms with Crippen molar-refractivity contribution in [2.75, 3.05) is 13.1 Å². The van der Waals surface area contributed by atoms with E-state index in [-0.39, 0.29) is 30.8 Å². The van der Waals surface area contributed by atoms with Gasteiger partial charge < -0.3 is 5.11 Å². The summed E-state index contributed by atoms with van der Waals surface area (Å²) in [5, 5.41) is 8.90. The summed E-state index contributed by atoms with van der Waals surface area (Å²) in [6.07, 6.45) is 0.531. The Hall–Kier alpha value is -0.990. The summed E-state index contributed by atoms with van der Waals surface area (Å²) in [7, 11) is -3.81. The summed E-state index contributed by atoms with van der Waals surface area (Å²) in [5.74, 6) is -2.06. The van der Waals surface area contributed by atoms with Crippen LogP contribution in [0.3, 0.4) is 0 Å². The molecule has 8 heteroatoms. The summed E-state index contributed by atoms with van der Waals surface area (Å²) in [4.78, 5) is 10.7. The highest BCUT2D eigenvalue weighted by atomic mass is 79.9. The molecule has 0 aliphatic carbocycles. The van der Waals surface area contributed by atoms with Crippen LogP contribution in [0.5, 0.6) is 0 Å². The fourth-order valence-corrected chi connectivity index (χ4v) is 4.56. The number of piperidine rings is 1. The van der Waals surface area contributed by atoms with E-state index in [1.807, 2.05) is 0 Å². The molecule has 0 atom stereocenters. The van der Waals surface area contributed by atoms with E-state index in [9.17, 15) is 17.6 Å². The largest absolute Gasteiger partial charge is 0.481 e. The SMILES string of the molecule is O=C(O)C1CCN(S(=O)(=O)c2cc(F)ccc2Br)CC1. The highest BCUT2D eigenvalue weighted by Crippen LogP contribution is 2.29. The van der Waals surface area contributed by atoms with Crippen molar-refractivity contribution in [1.82, 2.24) is 4.31 Å². The lowest BCUT2D eigenvalue weighted by Gasteiger charge is -2.29. The maximum absolute atomic E-state index is 13.2. The summed E-state index contributed by atoms with van der Waals surface area (Å²) in [6.45, 7) is 0.254. The standard InChI is InChI=1S/C12H13BrFNO4S/c13-10-2-1-9(14)7-11(10)20(18,19)15-5-3-8(4-6-15)12(16)17/h1-2,7-8H,3-6H2,(H,16,17). The second kappa shape index (κ2) is 5.79. The van der Waals surface area contributed by atoms with Crippen molar-refractivity contribution in [3.8, 4) is 0 Å². The minimum absolute atomic E-state index is 0.127. The lowest BCUT2D eigenvalue weighted by Crippen LogP contribution is -2.40. The summed E-state index contributed by atoms with van der Waals surface area (Å²) in [6, 6.07) is 3.47. The molecule has 1 heterocycles. The molecule has 0 radical (unpaired) electrons. The highest BCUT2D eigenvalue weighted by Gasteiger charge is 2.33. The highest BCUT2D eigenvalue weighted by molar-refractivity contribution is 9.10. The van der Waals surface area contributed by atoms with Crippen molar-refractivity contribution < 1.29 is 22.7 Å². The lowest BCUT2D eigenvalue weighted by molar-refractivity contribution is -0.142. The number of halogens is 2. The van der Waals surface area contributed by atoms with Crippen molar-refractivity contribution in [3.63, 3.8) is 0 Å². The van der Waals surface area contributed by atoms with Crippen molar-refractivity contribution in [2.24, 2.45) is 5.92 Å². The number of aliphatic carboxylic acids is 1. The van der Waals surface area contributed by atoms with Crippen molar-refractivity contribution >= 4 is 31.9 Å². The number of hydrogen-bond donors (Lipinski definition) is 1. The number of carboxylic acid groups (broad SMARTS) is 1. The van der Waals surface area contributed by atoms with Gasteiger partial charge in [-0.15, -0.1) is 0 Å². The number of nitrogens with zero attached hydrogens (tertiary/aromatic N) is 1. The molecule has 1 aromatic rings. The van der Waals surface area contributed by atoms with Crippen LogP contribution in [-0.2, 0) is 14.8 Å². The molecule has 1 aromatic carbocycles. The first kappa shape index (κ1) is 15.4. The van der Waals surface area contributed by atoms with E-state index >= 15 is 0 Å². The number of benzene rings is 1. The molecule has 0 spiro atoms. The van der Waals surface area contributed by atoms with Crippen LogP contribution in [0.25, 0.3) is 0 Å². The van der Waals surface area contributed by atoms with Crippen LogP contribution >= 0.6 is 15.9 Å². The van der Waals surface area contributed by atoms with Crippen LogP contribution in [0.1, 0.15) is 12.8 Å². The quantitative estimate of drug-likeness (QED) is 0.889. The zero-order valence-electron chi connectivity index (χ0n) is 10.4. The van der Waals surface area contributed by atoms with Gasteiger partial charge in [0.05, 0.1) is 10.8 Å². The monoisotopic (exact) mass is 365 g/mol. The molecule has 1 aliphatic heterocycles. The minimum Gasteiger partial charge on any atom is -0.481 e. The zero-order chi connectivity index (χ0) is 14.9. The smallest absolute Gasteiger partial charge is 0.306 e. The second-order valence-corrected chi connectivity index (χ2v) is 7.35. The van der Waals surface area contributed by atoms with Gasteiger partial charge in [0.2, 0.25) is 10.0 Å². The molecule has 2 rings (SSSR count). The molecule has 0 bridgehead atoms. The molecule has 0 unspecified atom stereocenters. The zero-order valence-corrected chi connectivity index (χ0v) is 12.8. The second-order valence-electron chi connectivity index (χ2n) is 4.59. The van der Waals surface area contributed by atoms with Crippen LogP contribution < -0.4 is 0 Å². The van der Waals surface area contributed by atoms with E-state index in [4.69, 9.17) is 5.11 Å². The fourth-order valence-electron chi connectivity index (χ4n) is 2.16. The number of rotatable bonds is 3. The van der Waals surface area contributed by atoms with E-state index in [0.717, 1.165) is 6.07 Å². The van der Waals surface area contributed by atoms with Crippen LogP contribution in [-0.4, -0.2) is 36.9 Å². The molecule has 20 heavy (non-hydrogen) atoms. The van der Waals surface area contributed by atoms with Gasteiger partial charge in [0.25, 0.3) is 0 Å². The minimum atomic E-state index is -3.81. The van der Waals surface area contributed by atoms with E-state index in [1.165, 1.54) is 16.4 Å². The van der Waals surface area contributed by atoms with Gasteiger partial charge in [0.1, 0.15) is 5.82 Å². The Kier molecular flexibility index (Phi) is 4.46. The van der Waals surface area contributed by atoms with Crippen LogP contribution in [0.2, 0.25) is 0 Å². The van der Waals surface area contributed by atoms with Gasteiger partial charge in [-0.3, -0.25) is 4.79 Å². The third kappa shape index (κ3) is 3.02. The first-order valence-electron chi connectivity index (χ1n) is 6.00. The number of carboxylic acids is 1. The topological polar surface area (TPSA) is 74.7 Å². The Morgan fingerprint density at radius 1 is 1.35 bits per heavy atom. The maximum Gasteiger partial charge on any atom is 0.306 e. The number of carbonyl (C=O) groups is 1. The lowest BCUT2D eigenvalue weighted by atomic mass is 9.99. The maximum atomic E-state index is 13.2. The Balaban J connectivity index is 2.24. The Morgan fingerprint density at radius 2 is 1.95 bits per heavy atom. The Bertz CT molecular complexity index is 626. The van der Waals surface area contributed by atoms with Gasteiger partial charge in [-0.25, -0.2) is 12.8 Å². The third-order valence-electron chi connectivity index (χ3n) is 3.31. The van der Waals surface area contributed by atoms with Crippen LogP contribution in [0, 0.1) is 11.7 Å². The van der Waals surface area contributed by atoms with Crippen LogP contribution in [0.4, 0.5) is 4.39 Å². The molecule has 0 aromatic heterocycles. The number of sulfonamides is 1.